The third kappa shape index (κ3) is 4.15. The number of carbonyl (C=O) groups excluding carboxylic acids is 1. The lowest BCUT2D eigenvalue weighted by Crippen LogP contribution is -2.24. The summed E-state index contributed by atoms with van der Waals surface area (Å²) in [5.74, 6) is -0.110. The second-order valence-electron chi connectivity index (χ2n) is 6.96. The van der Waals surface area contributed by atoms with Crippen molar-refractivity contribution in [1.82, 2.24) is 20.0 Å². The minimum Gasteiger partial charge on any atom is -0.469 e. The number of ether oxygens (including phenoxy) is 1. The summed E-state index contributed by atoms with van der Waals surface area (Å²) in [5, 5.41) is 12.4. The molecule has 2 aromatic heterocycles. The van der Waals surface area contributed by atoms with Crippen LogP contribution in [0, 0.1) is 5.92 Å². The van der Waals surface area contributed by atoms with Gasteiger partial charge in [-0.1, -0.05) is 16.8 Å². The third-order valence-electron chi connectivity index (χ3n) is 4.71. The van der Waals surface area contributed by atoms with Gasteiger partial charge in [-0.15, -0.1) is 5.10 Å². The molecule has 0 aliphatic heterocycles. The molecule has 0 saturated heterocycles. The van der Waals surface area contributed by atoms with E-state index in [9.17, 15) is 4.79 Å². The lowest BCUT2D eigenvalue weighted by Gasteiger charge is -2.26. The van der Waals surface area contributed by atoms with Gasteiger partial charge >= 0.3 is 5.97 Å². The molecular formula is C18H24ClN5O2. The predicted molar refractivity (Wildman–Crippen MR) is 100 cm³/mol. The number of methoxy groups -OCH3 is 1. The van der Waals surface area contributed by atoms with E-state index in [4.69, 9.17) is 16.3 Å². The molecule has 2 heterocycles. The van der Waals surface area contributed by atoms with Crippen molar-refractivity contribution in [2.24, 2.45) is 5.92 Å². The molecule has 1 fully saturated rings. The highest BCUT2D eigenvalue weighted by molar-refractivity contribution is 6.29. The van der Waals surface area contributed by atoms with Crippen molar-refractivity contribution in [1.29, 1.82) is 0 Å². The fourth-order valence-electron chi connectivity index (χ4n) is 3.39. The average molecular weight is 378 g/mol. The highest BCUT2D eigenvalue weighted by Crippen LogP contribution is 2.34. The summed E-state index contributed by atoms with van der Waals surface area (Å²) >= 11 is 6.04. The SMILES string of the molecule is COC(=O)[C@H]1CC[C@H](n2cc(-c3cnc(Cl)cc3NC(C)C)nn2)CC1. The number of nitrogens with zero attached hydrogens (tertiary/aromatic N) is 4. The lowest BCUT2D eigenvalue weighted by atomic mass is 9.86. The minimum atomic E-state index is -0.112. The van der Waals surface area contributed by atoms with E-state index >= 15 is 0 Å². The molecule has 2 aromatic rings. The van der Waals surface area contributed by atoms with E-state index < -0.39 is 0 Å². The second kappa shape index (κ2) is 8.03. The van der Waals surface area contributed by atoms with Gasteiger partial charge in [-0.25, -0.2) is 9.67 Å². The Kier molecular flexibility index (Phi) is 5.76. The summed E-state index contributed by atoms with van der Waals surface area (Å²) in [5.41, 5.74) is 2.52. The highest BCUT2D eigenvalue weighted by atomic mass is 35.5. The number of pyridine rings is 1. The van der Waals surface area contributed by atoms with Gasteiger partial charge in [0, 0.05) is 23.5 Å². The number of anilines is 1. The van der Waals surface area contributed by atoms with Crippen LogP contribution in [-0.4, -0.2) is 39.1 Å². The van der Waals surface area contributed by atoms with Gasteiger partial charge in [0.25, 0.3) is 0 Å². The molecule has 140 valence electrons. The Morgan fingerprint density at radius 3 is 2.73 bits per heavy atom. The van der Waals surface area contributed by atoms with Crippen LogP contribution in [-0.2, 0) is 9.53 Å². The van der Waals surface area contributed by atoms with Crippen molar-refractivity contribution in [2.75, 3.05) is 12.4 Å². The minimum absolute atomic E-state index is 0.00144. The lowest BCUT2D eigenvalue weighted by molar-refractivity contribution is -0.146. The molecule has 1 aliphatic rings. The summed E-state index contributed by atoms with van der Waals surface area (Å²) in [4.78, 5) is 15.9. The van der Waals surface area contributed by atoms with Crippen LogP contribution in [0.15, 0.2) is 18.5 Å². The van der Waals surface area contributed by atoms with Crippen LogP contribution in [0.4, 0.5) is 5.69 Å². The van der Waals surface area contributed by atoms with Crippen LogP contribution in [0.2, 0.25) is 5.15 Å². The smallest absolute Gasteiger partial charge is 0.308 e. The Hall–Kier alpha value is -2.15. The van der Waals surface area contributed by atoms with E-state index in [1.165, 1.54) is 7.11 Å². The summed E-state index contributed by atoms with van der Waals surface area (Å²) < 4.78 is 6.75. The second-order valence-corrected chi connectivity index (χ2v) is 7.35. The summed E-state index contributed by atoms with van der Waals surface area (Å²) in [6, 6.07) is 2.31. The Labute approximate surface area is 158 Å². The molecule has 0 bridgehead atoms. The largest absolute Gasteiger partial charge is 0.469 e. The fourth-order valence-corrected chi connectivity index (χ4v) is 3.54. The van der Waals surface area contributed by atoms with Gasteiger partial charge < -0.3 is 10.1 Å². The molecule has 0 spiro atoms. The van der Waals surface area contributed by atoms with Crippen LogP contribution in [0.1, 0.15) is 45.6 Å². The Balaban J connectivity index is 1.76. The fraction of sp³-hybridized carbons (Fsp3) is 0.556. The topological polar surface area (TPSA) is 81.9 Å². The maximum absolute atomic E-state index is 11.7. The van der Waals surface area contributed by atoms with E-state index in [-0.39, 0.29) is 24.0 Å². The van der Waals surface area contributed by atoms with Crippen LogP contribution in [0.5, 0.6) is 0 Å². The monoisotopic (exact) mass is 377 g/mol. The van der Waals surface area contributed by atoms with Crippen LogP contribution >= 0.6 is 11.6 Å². The first-order valence-electron chi connectivity index (χ1n) is 8.90. The molecule has 1 saturated carbocycles. The van der Waals surface area contributed by atoms with E-state index in [2.05, 4.69) is 34.5 Å². The molecular weight excluding hydrogens is 354 g/mol. The number of esters is 1. The molecule has 8 heteroatoms. The van der Waals surface area contributed by atoms with Crippen molar-refractivity contribution < 1.29 is 9.53 Å². The summed E-state index contributed by atoms with van der Waals surface area (Å²) in [7, 11) is 1.45. The Bertz CT molecular complexity index is 769. The molecule has 0 radical (unpaired) electrons. The van der Waals surface area contributed by atoms with Gasteiger partial charge in [0.2, 0.25) is 0 Å². The van der Waals surface area contributed by atoms with Crippen molar-refractivity contribution in [3.8, 4) is 11.3 Å². The number of aromatic nitrogens is 4. The number of carbonyl (C=O) groups is 1. The molecule has 1 aliphatic carbocycles. The van der Waals surface area contributed by atoms with Crippen LogP contribution < -0.4 is 5.32 Å². The maximum atomic E-state index is 11.7. The average Bonchev–Trinajstić information content (AvgIpc) is 3.10. The molecule has 3 rings (SSSR count). The third-order valence-corrected chi connectivity index (χ3v) is 4.91. The van der Waals surface area contributed by atoms with Crippen molar-refractivity contribution in [2.45, 2.75) is 51.6 Å². The number of hydrogen-bond donors (Lipinski definition) is 1. The zero-order valence-electron chi connectivity index (χ0n) is 15.3. The first-order valence-corrected chi connectivity index (χ1v) is 9.27. The number of halogens is 1. The standard InChI is InChI=1S/C18H24ClN5O2/c1-11(2)21-15-8-17(19)20-9-14(15)16-10-24(23-22-16)13-6-4-12(5-7-13)18(25)26-3/h8-13H,4-7H2,1-3H3,(H,20,21)/t12-,13-. The quantitative estimate of drug-likeness (QED) is 0.631. The highest BCUT2D eigenvalue weighted by Gasteiger charge is 2.28. The van der Waals surface area contributed by atoms with Crippen LogP contribution in [0.25, 0.3) is 11.3 Å². The van der Waals surface area contributed by atoms with Gasteiger partial charge in [0.05, 0.1) is 25.3 Å². The molecule has 7 nitrogen and oxygen atoms in total. The summed E-state index contributed by atoms with van der Waals surface area (Å²) in [6.45, 7) is 4.13. The first kappa shape index (κ1) is 18.6. The van der Waals surface area contributed by atoms with Crippen molar-refractivity contribution >= 4 is 23.3 Å². The van der Waals surface area contributed by atoms with E-state index in [0.29, 0.717) is 5.15 Å². The Morgan fingerprint density at radius 1 is 1.35 bits per heavy atom. The normalized spacial score (nSPS) is 20.2. The molecule has 26 heavy (non-hydrogen) atoms. The molecule has 1 N–H and O–H groups in total. The van der Waals surface area contributed by atoms with E-state index in [0.717, 1.165) is 42.6 Å². The summed E-state index contributed by atoms with van der Waals surface area (Å²) in [6.07, 6.45) is 7.07. The van der Waals surface area contributed by atoms with Crippen molar-refractivity contribution in [3.63, 3.8) is 0 Å². The predicted octanol–water partition coefficient (Wildman–Crippen LogP) is 3.72. The van der Waals surface area contributed by atoms with Gasteiger partial charge in [-0.05, 0) is 45.6 Å². The number of hydrogen-bond acceptors (Lipinski definition) is 6. The zero-order chi connectivity index (χ0) is 18.7. The van der Waals surface area contributed by atoms with Crippen LogP contribution in [0.3, 0.4) is 0 Å². The van der Waals surface area contributed by atoms with Gasteiger partial charge in [-0.2, -0.15) is 0 Å². The zero-order valence-corrected chi connectivity index (χ0v) is 16.0. The molecule has 0 amide bonds. The first-order chi connectivity index (χ1) is 12.5. The van der Waals surface area contributed by atoms with E-state index in [1.54, 1.807) is 12.3 Å². The maximum Gasteiger partial charge on any atom is 0.308 e. The Morgan fingerprint density at radius 2 is 2.08 bits per heavy atom. The molecule has 0 unspecified atom stereocenters. The van der Waals surface area contributed by atoms with E-state index in [1.807, 2.05) is 10.9 Å². The van der Waals surface area contributed by atoms with Gasteiger partial charge in [0.15, 0.2) is 0 Å². The van der Waals surface area contributed by atoms with Gasteiger partial charge in [0.1, 0.15) is 10.8 Å². The van der Waals surface area contributed by atoms with Gasteiger partial charge in [-0.3, -0.25) is 4.79 Å². The number of nitrogens with one attached hydrogen (secondary N) is 1. The molecule has 0 aromatic carbocycles. The van der Waals surface area contributed by atoms with Crippen molar-refractivity contribution in [3.05, 3.63) is 23.6 Å². The molecule has 0 atom stereocenters. The number of rotatable bonds is 5.